The van der Waals surface area contributed by atoms with Crippen LogP contribution >= 0.6 is 0 Å². The van der Waals surface area contributed by atoms with Crippen molar-refractivity contribution in [2.45, 2.75) is 26.7 Å². The summed E-state index contributed by atoms with van der Waals surface area (Å²) in [6.45, 7) is 6.91. The lowest BCUT2D eigenvalue weighted by Gasteiger charge is -2.34. The van der Waals surface area contributed by atoms with Crippen molar-refractivity contribution in [3.8, 4) is 0 Å². The first-order valence-electron chi connectivity index (χ1n) is 6.16. The molecule has 0 spiro atoms. The molecule has 3 nitrogen and oxygen atoms in total. The predicted molar refractivity (Wildman–Crippen MR) is 66.8 cm³/mol. The second-order valence-corrected chi connectivity index (χ2v) is 5.65. The van der Waals surface area contributed by atoms with Crippen LogP contribution in [0.5, 0.6) is 0 Å². The molecule has 1 saturated heterocycles. The normalized spacial score (nSPS) is 20.1. The van der Waals surface area contributed by atoms with E-state index in [-0.39, 0.29) is 0 Å². The summed E-state index contributed by atoms with van der Waals surface area (Å²) in [5.74, 6) is -0.855. The molecule has 1 heterocycles. The number of nitrogens with one attached hydrogen (secondary N) is 1. The Bertz CT molecular complexity index is 399. The molecule has 92 valence electrons. The van der Waals surface area contributed by atoms with Gasteiger partial charge in [-0.05, 0) is 29.7 Å². The van der Waals surface area contributed by atoms with Crippen molar-refractivity contribution in [3.05, 3.63) is 29.8 Å². The van der Waals surface area contributed by atoms with Crippen LogP contribution < -0.4 is 4.90 Å². The molecule has 1 aromatic carbocycles. The van der Waals surface area contributed by atoms with Gasteiger partial charge < -0.3 is 10.0 Å². The number of piperidine rings is 1. The van der Waals surface area contributed by atoms with Gasteiger partial charge in [0.05, 0.1) is 18.7 Å². The van der Waals surface area contributed by atoms with Crippen LogP contribution in [0.25, 0.3) is 0 Å². The third-order valence-electron chi connectivity index (χ3n) is 3.75. The van der Waals surface area contributed by atoms with Crippen molar-refractivity contribution in [2.24, 2.45) is 5.41 Å². The fraction of sp³-hybridized carbons (Fsp3) is 0.500. The van der Waals surface area contributed by atoms with E-state index in [1.54, 1.807) is 12.1 Å². The molecule has 2 rings (SSSR count). The zero-order valence-corrected chi connectivity index (χ0v) is 10.5. The highest BCUT2D eigenvalue weighted by Crippen LogP contribution is 2.25. The average molecular weight is 234 g/mol. The molecular weight excluding hydrogens is 214 g/mol. The van der Waals surface area contributed by atoms with Crippen LogP contribution in [0.2, 0.25) is 0 Å². The minimum Gasteiger partial charge on any atom is -0.478 e. The van der Waals surface area contributed by atoms with E-state index in [4.69, 9.17) is 5.11 Å². The van der Waals surface area contributed by atoms with Crippen LogP contribution in [0, 0.1) is 5.41 Å². The summed E-state index contributed by atoms with van der Waals surface area (Å²) in [5, 5.41) is 8.85. The maximum atomic E-state index is 10.8. The number of rotatable bonds is 2. The van der Waals surface area contributed by atoms with Gasteiger partial charge in [0, 0.05) is 12.8 Å². The summed E-state index contributed by atoms with van der Waals surface area (Å²) in [5.41, 5.74) is 2.04. The first kappa shape index (κ1) is 12.1. The van der Waals surface area contributed by atoms with Crippen LogP contribution in [0.1, 0.15) is 37.0 Å². The summed E-state index contributed by atoms with van der Waals surface area (Å²) in [6, 6.07) is 7.28. The van der Waals surface area contributed by atoms with Crippen LogP contribution in [0.3, 0.4) is 0 Å². The Labute approximate surface area is 102 Å². The van der Waals surface area contributed by atoms with Gasteiger partial charge in [0.25, 0.3) is 0 Å². The first-order chi connectivity index (χ1) is 7.98. The molecule has 0 saturated carbocycles. The van der Waals surface area contributed by atoms with Crippen molar-refractivity contribution in [1.82, 2.24) is 0 Å². The molecule has 2 N–H and O–H groups in total. The fourth-order valence-electron chi connectivity index (χ4n) is 2.37. The van der Waals surface area contributed by atoms with Crippen molar-refractivity contribution < 1.29 is 14.8 Å². The molecular formula is C14H20NO2+. The Balaban J connectivity index is 2.06. The largest absolute Gasteiger partial charge is 0.478 e. The third kappa shape index (κ3) is 2.86. The van der Waals surface area contributed by atoms with Gasteiger partial charge in [0.15, 0.2) is 0 Å². The van der Waals surface area contributed by atoms with E-state index >= 15 is 0 Å². The monoisotopic (exact) mass is 234 g/mol. The number of carboxylic acid groups (broad SMARTS) is 1. The fourth-order valence-corrected chi connectivity index (χ4v) is 2.37. The highest BCUT2D eigenvalue weighted by molar-refractivity contribution is 5.87. The second kappa shape index (κ2) is 4.49. The zero-order valence-electron chi connectivity index (χ0n) is 10.5. The maximum absolute atomic E-state index is 10.8. The lowest BCUT2D eigenvalue weighted by molar-refractivity contribution is -0.841. The number of hydrogen-bond acceptors (Lipinski definition) is 1. The molecule has 0 amide bonds. The smallest absolute Gasteiger partial charge is 0.335 e. The van der Waals surface area contributed by atoms with E-state index in [0.717, 1.165) is 13.1 Å². The molecule has 1 fully saturated rings. The van der Waals surface area contributed by atoms with Crippen molar-refractivity contribution in [2.75, 3.05) is 13.1 Å². The van der Waals surface area contributed by atoms with Gasteiger partial charge in [-0.25, -0.2) is 4.79 Å². The second-order valence-electron chi connectivity index (χ2n) is 5.65. The Morgan fingerprint density at radius 2 is 1.71 bits per heavy atom. The standard InChI is InChI=1S/C14H19NO2/c1-14(2)7-9-15(10-8-14)12-5-3-11(4-6-12)13(16)17/h3-6H,7-10H2,1-2H3,(H,16,17)/p+1. The van der Waals surface area contributed by atoms with E-state index in [9.17, 15) is 4.79 Å². The number of quaternary nitrogens is 1. The van der Waals surface area contributed by atoms with Crippen LogP contribution in [-0.2, 0) is 0 Å². The van der Waals surface area contributed by atoms with Crippen molar-refractivity contribution in [3.63, 3.8) is 0 Å². The summed E-state index contributed by atoms with van der Waals surface area (Å²) in [6.07, 6.45) is 2.45. The van der Waals surface area contributed by atoms with Gasteiger partial charge in [-0.3, -0.25) is 0 Å². The van der Waals surface area contributed by atoms with E-state index in [1.807, 2.05) is 12.1 Å². The van der Waals surface area contributed by atoms with E-state index in [0.29, 0.717) is 11.0 Å². The van der Waals surface area contributed by atoms with E-state index in [1.165, 1.54) is 23.4 Å². The molecule has 1 aliphatic heterocycles. The molecule has 17 heavy (non-hydrogen) atoms. The van der Waals surface area contributed by atoms with Crippen LogP contribution in [0.15, 0.2) is 24.3 Å². The molecule has 1 aromatic rings. The number of carbonyl (C=O) groups is 1. The number of benzene rings is 1. The van der Waals surface area contributed by atoms with E-state index < -0.39 is 5.97 Å². The summed E-state index contributed by atoms with van der Waals surface area (Å²) >= 11 is 0. The lowest BCUT2D eigenvalue weighted by Crippen LogP contribution is -3.08. The topological polar surface area (TPSA) is 41.7 Å². The van der Waals surface area contributed by atoms with Crippen molar-refractivity contribution >= 4 is 11.7 Å². The zero-order chi connectivity index (χ0) is 12.5. The van der Waals surface area contributed by atoms with Gasteiger partial charge >= 0.3 is 5.97 Å². The Hall–Kier alpha value is -1.35. The molecule has 3 heteroatoms. The lowest BCUT2D eigenvalue weighted by atomic mass is 9.82. The van der Waals surface area contributed by atoms with Crippen LogP contribution in [-0.4, -0.2) is 24.2 Å². The molecule has 0 bridgehead atoms. The number of aromatic carboxylic acids is 1. The SMILES string of the molecule is CC1(C)CC[NH+](c2ccc(C(=O)O)cc2)CC1. The number of carboxylic acids is 1. The van der Waals surface area contributed by atoms with Gasteiger partial charge in [-0.2, -0.15) is 0 Å². The number of hydrogen-bond donors (Lipinski definition) is 2. The molecule has 0 radical (unpaired) electrons. The quantitative estimate of drug-likeness (QED) is 0.818. The third-order valence-corrected chi connectivity index (χ3v) is 3.75. The van der Waals surface area contributed by atoms with E-state index in [2.05, 4.69) is 13.8 Å². The van der Waals surface area contributed by atoms with Crippen LogP contribution in [0.4, 0.5) is 5.69 Å². The Morgan fingerprint density at radius 3 is 2.18 bits per heavy atom. The van der Waals surface area contributed by atoms with Gasteiger partial charge in [-0.1, -0.05) is 13.8 Å². The highest BCUT2D eigenvalue weighted by Gasteiger charge is 2.28. The molecule has 0 aromatic heterocycles. The molecule has 0 unspecified atom stereocenters. The molecule has 0 aliphatic carbocycles. The first-order valence-corrected chi connectivity index (χ1v) is 6.16. The Kier molecular flexibility index (Phi) is 3.20. The minimum atomic E-state index is -0.855. The van der Waals surface area contributed by atoms with Gasteiger partial charge in [-0.15, -0.1) is 0 Å². The minimum absolute atomic E-state index is 0.366. The molecule has 0 atom stereocenters. The van der Waals surface area contributed by atoms with Gasteiger partial charge in [0.2, 0.25) is 0 Å². The Morgan fingerprint density at radius 1 is 1.18 bits per heavy atom. The van der Waals surface area contributed by atoms with Gasteiger partial charge in [0.1, 0.15) is 5.69 Å². The summed E-state index contributed by atoms with van der Waals surface area (Å²) in [4.78, 5) is 12.2. The maximum Gasteiger partial charge on any atom is 0.335 e. The predicted octanol–water partition coefficient (Wildman–Crippen LogP) is 1.72. The molecule has 1 aliphatic rings. The van der Waals surface area contributed by atoms with Crippen molar-refractivity contribution in [1.29, 1.82) is 0 Å². The highest BCUT2D eigenvalue weighted by atomic mass is 16.4. The average Bonchev–Trinajstić information content (AvgIpc) is 2.29. The summed E-state index contributed by atoms with van der Waals surface area (Å²) in [7, 11) is 0. The summed E-state index contributed by atoms with van der Waals surface area (Å²) < 4.78 is 0.